The van der Waals surface area contributed by atoms with Crippen LogP contribution in [0.1, 0.15) is 240 Å². The van der Waals surface area contributed by atoms with Crippen LogP contribution in [0.3, 0.4) is 0 Å². The zero-order chi connectivity index (χ0) is 37.6. The largest absolute Gasteiger partial charge is 0.462 e. The molecule has 0 saturated heterocycles. The van der Waals surface area contributed by atoms with E-state index in [1.165, 1.54) is 122 Å². The first-order chi connectivity index (χ1) is 24.7. The van der Waals surface area contributed by atoms with E-state index in [0.717, 1.165) is 76.0 Å². The van der Waals surface area contributed by atoms with Crippen LogP contribution in [0, 0.1) is 11.8 Å². The highest BCUT2D eigenvalue weighted by atomic mass is 16.6. The maximum Gasteiger partial charge on any atom is 0.306 e. The van der Waals surface area contributed by atoms with Gasteiger partial charge in [0.25, 0.3) is 0 Å². The third-order valence-electron chi connectivity index (χ3n) is 9.97. The van der Waals surface area contributed by atoms with E-state index in [1.54, 1.807) is 0 Å². The van der Waals surface area contributed by atoms with Crippen molar-refractivity contribution in [2.45, 2.75) is 246 Å². The maximum absolute atomic E-state index is 12.5. The van der Waals surface area contributed by atoms with E-state index in [9.17, 15) is 14.4 Å². The van der Waals surface area contributed by atoms with Crippen molar-refractivity contribution < 1.29 is 28.6 Å². The van der Waals surface area contributed by atoms with Crippen molar-refractivity contribution in [2.24, 2.45) is 11.8 Å². The van der Waals surface area contributed by atoms with Crippen LogP contribution < -0.4 is 0 Å². The number of rotatable bonds is 39. The van der Waals surface area contributed by atoms with Gasteiger partial charge in [0.05, 0.1) is 0 Å². The number of carbonyl (C=O) groups is 3. The molecule has 0 saturated carbocycles. The molecule has 0 aromatic heterocycles. The molecule has 0 rings (SSSR count). The van der Waals surface area contributed by atoms with Crippen molar-refractivity contribution in [3.05, 3.63) is 0 Å². The second-order valence-corrected chi connectivity index (χ2v) is 16.3. The Hall–Kier alpha value is -1.59. The standard InChI is InChI=1S/C45H86O6/c1-6-7-8-23-32-37-45(48)51-42(39-50-44(47)36-31-27-22-18-20-25-29-34-41(4)5)38-49-43(46)35-30-26-21-17-15-13-11-9-10-12-14-16-19-24-28-33-40(2)3/h40-42H,6-39H2,1-5H3/t42-/m0/s1. The van der Waals surface area contributed by atoms with Gasteiger partial charge < -0.3 is 14.2 Å². The molecule has 0 unspecified atom stereocenters. The Labute approximate surface area is 317 Å². The lowest BCUT2D eigenvalue weighted by atomic mass is 10.0. The van der Waals surface area contributed by atoms with Crippen LogP contribution in [0.15, 0.2) is 0 Å². The molecule has 0 aliphatic carbocycles. The van der Waals surface area contributed by atoms with Crippen LogP contribution in [0.5, 0.6) is 0 Å². The molecule has 302 valence electrons. The lowest BCUT2D eigenvalue weighted by Gasteiger charge is -2.18. The van der Waals surface area contributed by atoms with Crippen molar-refractivity contribution in [3.8, 4) is 0 Å². The van der Waals surface area contributed by atoms with E-state index in [4.69, 9.17) is 14.2 Å². The lowest BCUT2D eigenvalue weighted by Crippen LogP contribution is -2.30. The van der Waals surface area contributed by atoms with E-state index in [0.29, 0.717) is 19.3 Å². The topological polar surface area (TPSA) is 78.9 Å². The van der Waals surface area contributed by atoms with Gasteiger partial charge in [-0.1, -0.05) is 202 Å². The molecule has 0 heterocycles. The highest BCUT2D eigenvalue weighted by Crippen LogP contribution is 2.16. The maximum atomic E-state index is 12.5. The fraction of sp³-hybridized carbons (Fsp3) is 0.933. The molecule has 0 spiro atoms. The summed E-state index contributed by atoms with van der Waals surface area (Å²) in [6.07, 6.45) is 35.6. The number of esters is 3. The summed E-state index contributed by atoms with van der Waals surface area (Å²) in [5.74, 6) is 0.755. The summed E-state index contributed by atoms with van der Waals surface area (Å²) in [6, 6.07) is 0. The average Bonchev–Trinajstić information content (AvgIpc) is 3.09. The van der Waals surface area contributed by atoms with E-state index in [2.05, 4.69) is 34.6 Å². The van der Waals surface area contributed by atoms with Crippen LogP contribution in [0.2, 0.25) is 0 Å². The van der Waals surface area contributed by atoms with Crippen LogP contribution >= 0.6 is 0 Å². The Morgan fingerprint density at radius 2 is 0.647 bits per heavy atom. The molecular formula is C45H86O6. The predicted molar refractivity (Wildman–Crippen MR) is 215 cm³/mol. The number of unbranched alkanes of at least 4 members (excludes halogenated alkanes) is 24. The van der Waals surface area contributed by atoms with Gasteiger partial charge in [0.15, 0.2) is 6.10 Å². The van der Waals surface area contributed by atoms with Gasteiger partial charge in [-0.2, -0.15) is 0 Å². The predicted octanol–water partition coefficient (Wildman–Crippen LogP) is 13.8. The van der Waals surface area contributed by atoms with Crippen molar-refractivity contribution in [1.82, 2.24) is 0 Å². The average molecular weight is 723 g/mol. The first-order valence-electron chi connectivity index (χ1n) is 22.2. The third kappa shape index (κ3) is 39.5. The molecule has 0 N–H and O–H groups in total. The molecule has 0 aliphatic rings. The zero-order valence-corrected chi connectivity index (χ0v) is 34.7. The van der Waals surface area contributed by atoms with Gasteiger partial charge in [-0.15, -0.1) is 0 Å². The SMILES string of the molecule is CCCCCCCC(=O)O[C@@H](COC(=O)CCCCCCCCCCCCCCCCCC(C)C)COC(=O)CCCCCCCCCC(C)C. The molecule has 0 bridgehead atoms. The number of carbonyl (C=O) groups excluding carboxylic acids is 3. The second kappa shape index (κ2) is 38.1. The molecule has 0 radical (unpaired) electrons. The minimum atomic E-state index is -0.758. The fourth-order valence-electron chi connectivity index (χ4n) is 6.58. The molecular weight excluding hydrogens is 636 g/mol. The Morgan fingerprint density at radius 3 is 0.961 bits per heavy atom. The van der Waals surface area contributed by atoms with Crippen molar-refractivity contribution in [1.29, 1.82) is 0 Å². The molecule has 1 atom stereocenters. The van der Waals surface area contributed by atoms with Crippen LogP contribution in [-0.2, 0) is 28.6 Å². The van der Waals surface area contributed by atoms with Crippen molar-refractivity contribution in [2.75, 3.05) is 13.2 Å². The van der Waals surface area contributed by atoms with Gasteiger partial charge in [-0.05, 0) is 31.1 Å². The van der Waals surface area contributed by atoms with Crippen molar-refractivity contribution >= 4 is 17.9 Å². The van der Waals surface area contributed by atoms with Crippen LogP contribution in [-0.4, -0.2) is 37.2 Å². The second-order valence-electron chi connectivity index (χ2n) is 16.3. The molecule has 0 amide bonds. The minimum Gasteiger partial charge on any atom is -0.462 e. The summed E-state index contributed by atoms with van der Waals surface area (Å²) in [6.45, 7) is 11.2. The molecule has 51 heavy (non-hydrogen) atoms. The van der Waals surface area contributed by atoms with Gasteiger partial charge in [-0.3, -0.25) is 14.4 Å². The van der Waals surface area contributed by atoms with E-state index >= 15 is 0 Å². The van der Waals surface area contributed by atoms with E-state index < -0.39 is 6.10 Å². The Morgan fingerprint density at radius 1 is 0.373 bits per heavy atom. The molecule has 0 aliphatic heterocycles. The quantitative estimate of drug-likeness (QED) is 0.0357. The Kier molecular flexibility index (Phi) is 37.0. The first kappa shape index (κ1) is 49.4. The van der Waals surface area contributed by atoms with E-state index in [1.807, 2.05) is 0 Å². The zero-order valence-electron chi connectivity index (χ0n) is 34.7. The Balaban J connectivity index is 4.09. The Bertz CT molecular complexity index is 779. The molecule has 6 nitrogen and oxygen atoms in total. The van der Waals surface area contributed by atoms with Gasteiger partial charge in [-0.25, -0.2) is 0 Å². The van der Waals surface area contributed by atoms with Crippen LogP contribution in [0.4, 0.5) is 0 Å². The number of ether oxygens (including phenoxy) is 3. The summed E-state index contributed by atoms with van der Waals surface area (Å²) in [7, 11) is 0. The third-order valence-corrected chi connectivity index (χ3v) is 9.97. The van der Waals surface area contributed by atoms with Gasteiger partial charge in [0.2, 0.25) is 0 Å². The van der Waals surface area contributed by atoms with E-state index in [-0.39, 0.29) is 31.1 Å². The molecule has 0 fully saturated rings. The minimum absolute atomic E-state index is 0.0667. The van der Waals surface area contributed by atoms with Gasteiger partial charge in [0, 0.05) is 19.3 Å². The molecule has 0 aromatic rings. The van der Waals surface area contributed by atoms with Gasteiger partial charge >= 0.3 is 17.9 Å². The highest BCUT2D eigenvalue weighted by Gasteiger charge is 2.19. The highest BCUT2D eigenvalue weighted by molar-refractivity contribution is 5.71. The summed E-state index contributed by atoms with van der Waals surface area (Å²) in [5.41, 5.74) is 0. The molecule has 0 aromatic carbocycles. The number of hydrogen-bond acceptors (Lipinski definition) is 6. The fourth-order valence-corrected chi connectivity index (χ4v) is 6.58. The first-order valence-corrected chi connectivity index (χ1v) is 22.2. The summed E-state index contributed by atoms with van der Waals surface area (Å²) >= 11 is 0. The summed E-state index contributed by atoms with van der Waals surface area (Å²) in [5, 5.41) is 0. The summed E-state index contributed by atoms with van der Waals surface area (Å²) < 4.78 is 16.6. The normalized spacial score (nSPS) is 12.1. The number of hydrogen-bond donors (Lipinski definition) is 0. The smallest absolute Gasteiger partial charge is 0.306 e. The molecule has 6 heteroatoms. The van der Waals surface area contributed by atoms with Crippen molar-refractivity contribution in [3.63, 3.8) is 0 Å². The van der Waals surface area contributed by atoms with Gasteiger partial charge in [0.1, 0.15) is 13.2 Å². The summed E-state index contributed by atoms with van der Waals surface area (Å²) in [4.78, 5) is 37.4. The van der Waals surface area contributed by atoms with Crippen LogP contribution in [0.25, 0.3) is 0 Å². The monoisotopic (exact) mass is 723 g/mol. The lowest BCUT2D eigenvalue weighted by molar-refractivity contribution is -0.167.